The van der Waals surface area contributed by atoms with Crippen LogP contribution in [0.2, 0.25) is 0 Å². The maximum absolute atomic E-state index is 5.58. The average Bonchev–Trinajstić information content (AvgIpc) is 2.25. The number of halogens is 1. The molecule has 1 aromatic carbocycles. The standard InChI is InChI=1S/C13H17ClO/c1-11(2)10-15-13-7-5-12(6-8-13)4-3-9-14/h3-8,11H,9-10H2,1-2H3. The molecule has 0 N–H and O–H groups in total. The van der Waals surface area contributed by atoms with Crippen LogP contribution in [0.1, 0.15) is 19.4 Å². The van der Waals surface area contributed by atoms with E-state index in [-0.39, 0.29) is 0 Å². The summed E-state index contributed by atoms with van der Waals surface area (Å²) < 4.78 is 5.58. The summed E-state index contributed by atoms with van der Waals surface area (Å²) in [5.74, 6) is 2.03. The molecule has 1 rings (SSSR count). The molecule has 1 aromatic rings. The highest BCUT2D eigenvalue weighted by Crippen LogP contribution is 2.14. The van der Waals surface area contributed by atoms with Gasteiger partial charge in [-0.05, 0) is 23.6 Å². The first-order valence-corrected chi connectivity index (χ1v) is 5.71. The van der Waals surface area contributed by atoms with Crippen molar-refractivity contribution in [1.82, 2.24) is 0 Å². The van der Waals surface area contributed by atoms with Gasteiger partial charge in [0, 0.05) is 5.88 Å². The van der Waals surface area contributed by atoms with Gasteiger partial charge < -0.3 is 4.74 Å². The molecule has 0 atom stereocenters. The van der Waals surface area contributed by atoms with Gasteiger partial charge in [0.05, 0.1) is 6.61 Å². The molecule has 0 bridgehead atoms. The molecule has 0 heterocycles. The van der Waals surface area contributed by atoms with Gasteiger partial charge in [-0.2, -0.15) is 0 Å². The lowest BCUT2D eigenvalue weighted by Crippen LogP contribution is -2.04. The van der Waals surface area contributed by atoms with Crippen molar-refractivity contribution in [3.05, 3.63) is 35.9 Å². The predicted octanol–water partition coefficient (Wildman–Crippen LogP) is 3.97. The van der Waals surface area contributed by atoms with E-state index in [4.69, 9.17) is 16.3 Å². The van der Waals surface area contributed by atoms with Crippen LogP contribution < -0.4 is 4.74 Å². The number of allylic oxidation sites excluding steroid dienone is 1. The summed E-state index contributed by atoms with van der Waals surface area (Å²) in [7, 11) is 0. The SMILES string of the molecule is CC(C)COc1ccc(C=CCCl)cc1. The molecule has 1 nitrogen and oxygen atoms in total. The van der Waals surface area contributed by atoms with Crippen LogP contribution in [-0.4, -0.2) is 12.5 Å². The number of ether oxygens (including phenoxy) is 1. The average molecular weight is 225 g/mol. The summed E-state index contributed by atoms with van der Waals surface area (Å²) in [6.45, 7) is 5.03. The van der Waals surface area contributed by atoms with Crippen LogP contribution in [-0.2, 0) is 0 Å². The molecule has 0 spiro atoms. The summed E-state index contributed by atoms with van der Waals surface area (Å²) in [5, 5.41) is 0. The third kappa shape index (κ3) is 4.89. The van der Waals surface area contributed by atoms with Crippen molar-refractivity contribution in [1.29, 1.82) is 0 Å². The summed E-state index contributed by atoms with van der Waals surface area (Å²) >= 11 is 5.56. The van der Waals surface area contributed by atoms with Gasteiger partial charge in [0.1, 0.15) is 5.75 Å². The fourth-order valence-corrected chi connectivity index (χ4v) is 1.21. The van der Waals surface area contributed by atoms with E-state index in [1.807, 2.05) is 36.4 Å². The van der Waals surface area contributed by atoms with E-state index in [2.05, 4.69) is 13.8 Å². The Morgan fingerprint density at radius 1 is 1.27 bits per heavy atom. The molecule has 0 amide bonds. The zero-order chi connectivity index (χ0) is 11.1. The van der Waals surface area contributed by atoms with Crippen LogP contribution >= 0.6 is 11.6 Å². The van der Waals surface area contributed by atoms with Gasteiger partial charge in [0.15, 0.2) is 0 Å². The minimum absolute atomic E-state index is 0.547. The Balaban J connectivity index is 2.52. The number of hydrogen-bond acceptors (Lipinski definition) is 1. The zero-order valence-electron chi connectivity index (χ0n) is 9.24. The molecule has 0 fully saturated rings. The highest BCUT2D eigenvalue weighted by atomic mass is 35.5. The second-order valence-electron chi connectivity index (χ2n) is 3.83. The molecule has 0 aliphatic heterocycles. The Morgan fingerprint density at radius 3 is 2.47 bits per heavy atom. The first kappa shape index (κ1) is 12.1. The van der Waals surface area contributed by atoms with Gasteiger partial charge in [-0.25, -0.2) is 0 Å². The van der Waals surface area contributed by atoms with E-state index in [1.54, 1.807) is 0 Å². The number of benzene rings is 1. The van der Waals surface area contributed by atoms with Crippen molar-refractivity contribution in [2.75, 3.05) is 12.5 Å². The van der Waals surface area contributed by atoms with Crippen molar-refractivity contribution < 1.29 is 4.74 Å². The smallest absolute Gasteiger partial charge is 0.119 e. The van der Waals surface area contributed by atoms with E-state index in [0.717, 1.165) is 17.9 Å². The van der Waals surface area contributed by atoms with Crippen LogP contribution in [0.5, 0.6) is 5.75 Å². The molecular weight excluding hydrogens is 208 g/mol. The van der Waals surface area contributed by atoms with Crippen LogP contribution in [0.25, 0.3) is 6.08 Å². The van der Waals surface area contributed by atoms with Gasteiger partial charge >= 0.3 is 0 Å². The molecule has 0 aliphatic carbocycles. The summed E-state index contributed by atoms with van der Waals surface area (Å²) in [6, 6.07) is 8.02. The monoisotopic (exact) mass is 224 g/mol. The maximum atomic E-state index is 5.58. The first-order valence-electron chi connectivity index (χ1n) is 5.17. The van der Waals surface area contributed by atoms with Crippen molar-refractivity contribution in [3.8, 4) is 5.75 Å². The molecule has 0 radical (unpaired) electrons. The second-order valence-corrected chi connectivity index (χ2v) is 4.14. The molecule has 0 aliphatic rings. The second kappa shape index (κ2) is 6.52. The highest BCUT2D eigenvalue weighted by Gasteiger charge is 1.96. The normalized spacial score (nSPS) is 11.2. The van der Waals surface area contributed by atoms with Gasteiger partial charge in [0.25, 0.3) is 0 Å². The molecule has 15 heavy (non-hydrogen) atoms. The molecular formula is C13H17ClO. The lowest BCUT2D eigenvalue weighted by molar-refractivity contribution is 0.271. The summed E-state index contributed by atoms with van der Waals surface area (Å²) in [4.78, 5) is 0. The van der Waals surface area contributed by atoms with Crippen molar-refractivity contribution >= 4 is 17.7 Å². The third-order valence-electron chi connectivity index (χ3n) is 1.86. The van der Waals surface area contributed by atoms with E-state index in [0.29, 0.717) is 11.8 Å². The Kier molecular flexibility index (Phi) is 5.27. The molecule has 82 valence electrons. The highest BCUT2D eigenvalue weighted by molar-refractivity contribution is 6.19. The number of hydrogen-bond donors (Lipinski definition) is 0. The van der Waals surface area contributed by atoms with E-state index >= 15 is 0 Å². The zero-order valence-corrected chi connectivity index (χ0v) is 10.00. The fourth-order valence-electron chi connectivity index (χ4n) is 1.12. The molecule has 0 unspecified atom stereocenters. The van der Waals surface area contributed by atoms with E-state index in [1.165, 1.54) is 0 Å². The van der Waals surface area contributed by atoms with Crippen LogP contribution in [0.15, 0.2) is 30.3 Å². The van der Waals surface area contributed by atoms with E-state index in [9.17, 15) is 0 Å². The molecule has 0 saturated carbocycles. The van der Waals surface area contributed by atoms with Crippen molar-refractivity contribution in [2.24, 2.45) is 5.92 Å². The van der Waals surface area contributed by atoms with Crippen LogP contribution in [0.4, 0.5) is 0 Å². The summed E-state index contributed by atoms with van der Waals surface area (Å²) in [6.07, 6.45) is 3.92. The Morgan fingerprint density at radius 2 is 1.93 bits per heavy atom. The van der Waals surface area contributed by atoms with E-state index < -0.39 is 0 Å². The lowest BCUT2D eigenvalue weighted by Gasteiger charge is -2.08. The van der Waals surface area contributed by atoms with Gasteiger partial charge in [0.2, 0.25) is 0 Å². The summed E-state index contributed by atoms with van der Waals surface area (Å²) in [5.41, 5.74) is 1.15. The Bertz CT molecular complexity index is 301. The molecule has 0 aromatic heterocycles. The quantitative estimate of drug-likeness (QED) is 0.688. The number of rotatable bonds is 5. The molecule has 0 saturated heterocycles. The fraction of sp³-hybridized carbons (Fsp3) is 0.385. The lowest BCUT2D eigenvalue weighted by atomic mass is 10.2. The first-order chi connectivity index (χ1) is 7.22. The Hall–Kier alpha value is -0.950. The maximum Gasteiger partial charge on any atom is 0.119 e. The van der Waals surface area contributed by atoms with Crippen LogP contribution in [0.3, 0.4) is 0 Å². The number of alkyl halides is 1. The third-order valence-corrected chi connectivity index (χ3v) is 2.04. The van der Waals surface area contributed by atoms with Crippen molar-refractivity contribution in [3.63, 3.8) is 0 Å². The van der Waals surface area contributed by atoms with Crippen molar-refractivity contribution in [2.45, 2.75) is 13.8 Å². The Labute approximate surface area is 96.7 Å². The largest absolute Gasteiger partial charge is 0.493 e. The van der Waals surface area contributed by atoms with Gasteiger partial charge in [-0.15, -0.1) is 11.6 Å². The van der Waals surface area contributed by atoms with Crippen LogP contribution in [0, 0.1) is 5.92 Å². The minimum Gasteiger partial charge on any atom is -0.493 e. The molecule has 2 heteroatoms. The minimum atomic E-state index is 0.547. The van der Waals surface area contributed by atoms with Gasteiger partial charge in [-0.1, -0.05) is 38.1 Å². The predicted molar refractivity (Wildman–Crippen MR) is 66.5 cm³/mol. The van der Waals surface area contributed by atoms with Gasteiger partial charge in [-0.3, -0.25) is 0 Å². The topological polar surface area (TPSA) is 9.23 Å².